The summed E-state index contributed by atoms with van der Waals surface area (Å²) < 4.78 is 17.1. The highest BCUT2D eigenvalue weighted by atomic mass is 35.5. The van der Waals surface area contributed by atoms with Crippen molar-refractivity contribution in [1.29, 1.82) is 0 Å². The van der Waals surface area contributed by atoms with Crippen LogP contribution in [0.25, 0.3) is 0 Å². The molecule has 6 nitrogen and oxygen atoms in total. The van der Waals surface area contributed by atoms with E-state index in [0.29, 0.717) is 42.9 Å². The van der Waals surface area contributed by atoms with Crippen LogP contribution >= 0.6 is 11.6 Å². The largest absolute Gasteiger partial charge is 0.493 e. The van der Waals surface area contributed by atoms with E-state index in [-0.39, 0.29) is 40.8 Å². The van der Waals surface area contributed by atoms with Gasteiger partial charge in [0, 0.05) is 11.9 Å². The number of nitrogens with zero attached hydrogens (tertiary/aromatic N) is 1. The van der Waals surface area contributed by atoms with Crippen molar-refractivity contribution in [1.82, 2.24) is 4.90 Å². The molecule has 7 heteroatoms. The zero-order valence-electron chi connectivity index (χ0n) is 21.1. The van der Waals surface area contributed by atoms with Crippen LogP contribution in [-0.2, 0) is 20.7 Å². The molecule has 36 heavy (non-hydrogen) atoms. The monoisotopic (exact) mass is 509 g/mol. The molecule has 0 aromatic heterocycles. The fraction of sp³-hybridized carbons (Fsp3) is 0.448. The minimum absolute atomic E-state index is 0.00587. The van der Waals surface area contributed by atoms with Crippen LogP contribution in [0.1, 0.15) is 42.5 Å². The number of benzene rings is 2. The average molecular weight is 510 g/mol. The Labute approximate surface area is 217 Å². The van der Waals surface area contributed by atoms with E-state index in [2.05, 4.69) is 6.92 Å². The number of fused-ring (bicyclic) bond motifs is 1. The van der Waals surface area contributed by atoms with Gasteiger partial charge in [0.15, 0.2) is 23.0 Å². The van der Waals surface area contributed by atoms with Crippen molar-refractivity contribution in [2.75, 3.05) is 20.8 Å². The number of methoxy groups -OCH3 is 2. The number of rotatable bonds is 6. The Balaban J connectivity index is 1.48. The average Bonchev–Trinajstić information content (AvgIpc) is 3.16. The summed E-state index contributed by atoms with van der Waals surface area (Å²) in [7, 11) is 3.20. The second kappa shape index (κ2) is 9.81. The first-order valence-electron chi connectivity index (χ1n) is 12.5. The number of ketones is 1. The third kappa shape index (κ3) is 4.26. The Morgan fingerprint density at radius 1 is 1.03 bits per heavy atom. The van der Waals surface area contributed by atoms with Crippen molar-refractivity contribution in [3.05, 3.63) is 70.5 Å². The van der Waals surface area contributed by atoms with Gasteiger partial charge in [-0.25, -0.2) is 0 Å². The molecule has 0 spiro atoms. The number of ether oxygens (including phenoxy) is 3. The third-order valence-corrected chi connectivity index (χ3v) is 8.40. The van der Waals surface area contributed by atoms with E-state index < -0.39 is 6.04 Å². The Morgan fingerprint density at radius 2 is 1.75 bits per heavy atom. The molecular formula is C29H32ClNO5. The van der Waals surface area contributed by atoms with Crippen LogP contribution in [0.4, 0.5) is 0 Å². The molecule has 2 aromatic carbocycles. The van der Waals surface area contributed by atoms with Gasteiger partial charge >= 0.3 is 0 Å². The van der Waals surface area contributed by atoms with Gasteiger partial charge in [0.25, 0.3) is 5.91 Å². The summed E-state index contributed by atoms with van der Waals surface area (Å²) in [6, 6.07) is 13.3. The van der Waals surface area contributed by atoms with Gasteiger partial charge in [0.05, 0.1) is 31.8 Å². The topological polar surface area (TPSA) is 65.1 Å². The number of halogens is 1. The maximum Gasteiger partial charge on any atom is 0.290 e. The van der Waals surface area contributed by atoms with Crippen LogP contribution < -0.4 is 9.47 Å². The van der Waals surface area contributed by atoms with Gasteiger partial charge in [-0.15, -0.1) is 11.6 Å². The molecule has 1 fully saturated rings. The molecule has 190 valence electrons. The van der Waals surface area contributed by atoms with Crippen LogP contribution in [0.15, 0.2) is 53.8 Å². The Kier molecular flexibility index (Phi) is 6.73. The van der Waals surface area contributed by atoms with Crippen LogP contribution in [0.3, 0.4) is 0 Å². The standard InChI is InChI=1S/C29H32ClNO5/c1-16-5-8-19(9-6-16)26-25-27(32)20-15-21(30)17(2)13-23(20)36-28(25)29(33)31(26)12-11-18-7-10-22(34-3)24(14-18)35-4/h5-10,14,17,20-21,23,26H,11-13,15H2,1-4H3. The lowest BCUT2D eigenvalue weighted by molar-refractivity contribution is -0.136. The summed E-state index contributed by atoms with van der Waals surface area (Å²) in [4.78, 5) is 29.4. The molecule has 1 aliphatic carbocycles. The van der Waals surface area contributed by atoms with Crippen LogP contribution in [-0.4, -0.2) is 48.8 Å². The number of carbonyl (C=O) groups excluding carboxylic acids is 2. The number of carbonyl (C=O) groups is 2. The predicted octanol–water partition coefficient (Wildman–Crippen LogP) is 5.01. The highest BCUT2D eigenvalue weighted by Crippen LogP contribution is 2.48. The summed E-state index contributed by atoms with van der Waals surface area (Å²) in [5.74, 6) is 1.22. The van der Waals surface area contributed by atoms with Crippen molar-refractivity contribution in [3.63, 3.8) is 0 Å². The van der Waals surface area contributed by atoms with Crippen molar-refractivity contribution in [2.45, 2.75) is 50.6 Å². The van der Waals surface area contributed by atoms with Crippen molar-refractivity contribution in [3.8, 4) is 11.5 Å². The number of alkyl halides is 1. The molecule has 2 heterocycles. The molecule has 2 aromatic rings. The van der Waals surface area contributed by atoms with E-state index in [1.54, 1.807) is 19.1 Å². The molecule has 3 aliphatic rings. The van der Waals surface area contributed by atoms with E-state index in [1.807, 2.05) is 49.4 Å². The van der Waals surface area contributed by atoms with Gasteiger partial charge in [-0.3, -0.25) is 9.59 Å². The predicted molar refractivity (Wildman–Crippen MR) is 137 cm³/mol. The molecule has 5 rings (SSSR count). The van der Waals surface area contributed by atoms with E-state index in [1.165, 1.54) is 0 Å². The molecule has 0 N–H and O–H groups in total. The summed E-state index contributed by atoms with van der Waals surface area (Å²) in [6.07, 6.45) is 1.55. The first kappa shape index (κ1) is 24.7. The number of aryl methyl sites for hydroxylation is 1. The third-order valence-electron chi connectivity index (χ3n) is 7.79. The van der Waals surface area contributed by atoms with Crippen LogP contribution in [0.5, 0.6) is 11.5 Å². The maximum atomic E-state index is 13.9. The van der Waals surface area contributed by atoms with Crippen molar-refractivity contribution in [2.24, 2.45) is 11.8 Å². The minimum Gasteiger partial charge on any atom is -0.493 e. The van der Waals surface area contributed by atoms with E-state index in [0.717, 1.165) is 16.7 Å². The molecule has 0 bridgehead atoms. The van der Waals surface area contributed by atoms with Gasteiger partial charge in [0.1, 0.15) is 6.10 Å². The number of hydrogen-bond donors (Lipinski definition) is 0. The number of amides is 1. The first-order chi connectivity index (χ1) is 17.3. The zero-order valence-corrected chi connectivity index (χ0v) is 21.9. The highest BCUT2D eigenvalue weighted by molar-refractivity contribution is 6.21. The lowest BCUT2D eigenvalue weighted by atomic mass is 9.74. The van der Waals surface area contributed by atoms with Gasteiger partial charge < -0.3 is 19.1 Å². The lowest BCUT2D eigenvalue weighted by Gasteiger charge is -2.40. The van der Waals surface area contributed by atoms with E-state index in [4.69, 9.17) is 25.8 Å². The number of Topliss-reactive ketones (excluding diaryl/α,β-unsaturated/α-hetero) is 1. The summed E-state index contributed by atoms with van der Waals surface area (Å²) >= 11 is 6.57. The Morgan fingerprint density at radius 3 is 2.44 bits per heavy atom. The van der Waals surface area contributed by atoms with Gasteiger partial charge in [-0.05, 0) is 55.4 Å². The highest BCUT2D eigenvalue weighted by Gasteiger charge is 2.53. The molecule has 5 atom stereocenters. The molecule has 1 amide bonds. The van der Waals surface area contributed by atoms with Crippen molar-refractivity contribution < 1.29 is 23.8 Å². The van der Waals surface area contributed by atoms with Gasteiger partial charge in [-0.1, -0.05) is 42.8 Å². The van der Waals surface area contributed by atoms with Gasteiger partial charge in [0.2, 0.25) is 0 Å². The second-order valence-electron chi connectivity index (χ2n) is 10.1. The van der Waals surface area contributed by atoms with Crippen molar-refractivity contribution >= 4 is 23.3 Å². The minimum atomic E-state index is -0.477. The maximum absolute atomic E-state index is 13.9. The Hall–Kier alpha value is -2.99. The van der Waals surface area contributed by atoms with Crippen LogP contribution in [0.2, 0.25) is 0 Å². The molecular weight excluding hydrogens is 478 g/mol. The quantitative estimate of drug-likeness (QED) is 0.512. The summed E-state index contributed by atoms with van der Waals surface area (Å²) in [5.41, 5.74) is 3.52. The normalized spacial score (nSPS) is 27.5. The first-order valence-corrected chi connectivity index (χ1v) is 12.9. The number of hydrogen-bond acceptors (Lipinski definition) is 5. The van der Waals surface area contributed by atoms with Gasteiger partial charge in [-0.2, -0.15) is 0 Å². The fourth-order valence-corrected chi connectivity index (χ4v) is 5.97. The fourth-order valence-electron chi connectivity index (χ4n) is 5.68. The molecule has 2 aliphatic heterocycles. The lowest BCUT2D eigenvalue weighted by Crippen LogP contribution is -2.44. The van der Waals surface area contributed by atoms with E-state index >= 15 is 0 Å². The zero-order chi connectivity index (χ0) is 25.6. The van der Waals surface area contributed by atoms with Crippen LogP contribution in [0, 0.1) is 18.8 Å². The second-order valence-corrected chi connectivity index (χ2v) is 10.6. The molecule has 5 unspecified atom stereocenters. The Bertz CT molecular complexity index is 1210. The van der Waals surface area contributed by atoms with E-state index in [9.17, 15) is 9.59 Å². The smallest absolute Gasteiger partial charge is 0.290 e. The molecule has 0 saturated heterocycles. The molecule has 0 radical (unpaired) electrons. The summed E-state index contributed by atoms with van der Waals surface area (Å²) in [6.45, 7) is 4.53. The summed E-state index contributed by atoms with van der Waals surface area (Å²) in [5, 5.41) is -0.0722. The molecule has 1 saturated carbocycles. The SMILES string of the molecule is COc1ccc(CCN2C(=O)C3=C(C(=O)C4CC(Cl)C(C)CC4O3)C2c2ccc(C)cc2)cc1OC.